The van der Waals surface area contributed by atoms with Gasteiger partial charge in [-0.1, -0.05) is 29.8 Å². The van der Waals surface area contributed by atoms with Gasteiger partial charge in [0.1, 0.15) is 0 Å². The fourth-order valence-corrected chi connectivity index (χ4v) is 3.47. The van der Waals surface area contributed by atoms with E-state index in [9.17, 15) is 0 Å². The maximum Gasteiger partial charge on any atom is 0.0184 e. The number of benzene rings is 1. The number of thioether (sulfide) groups is 1. The van der Waals surface area contributed by atoms with Crippen LogP contribution in [0.25, 0.3) is 0 Å². The third-order valence-corrected chi connectivity index (χ3v) is 4.54. The van der Waals surface area contributed by atoms with Crippen molar-refractivity contribution in [3.63, 3.8) is 0 Å². The summed E-state index contributed by atoms with van der Waals surface area (Å²) in [5, 5.41) is 3.43. The van der Waals surface area contributed by atoms with Gasteiger partial charge in [-0.15, -0.1) is 0 Å². The van der Waals surface area contributed by atoms with Crippen LogP contribution in [0.3, 0.4) is 0 Å². The van der Waals surface area contributed by atoms with Crippen molar-refractivity contribution >= 4 is 11.8 Å². The molecule has 0 atom stereocenters. The Labute approximate surface area is 109 Å². The second-order valence-electron chi connectivity index (χ2n) is 5.02. The van der Waals surface area contributed by atoms with Crippen molar-refractivity contribution in [2.24, 2.45) is 5.92 Å². The van der Waals surface area contributed by atoms with E-state index in [1.807, 2.05) is 0 Å². The second kappa shape index (κ2) is 7.07. The highest BCUT2D eigenvalue weighted by molar-refractivity contribution is 7.98. The van der Waals surface area contributed by atoms with Gasteiger partial charge in [0.2, 0.25) is 0 Å². The molecule has 1 heterocycles. The summed E-state index contributed by atoms with van der Waals surface area (Å²) < 4.78 is 0. The van der Waals surface area contributed by atoms with Crippen LogP contribution < -0.4 is 5.32 Å². The first-order valence-electron chi connectivity index (χ1n) is 6.68. The summed E-state index contributed by atoms with van der Waals surface area (Å²) in [5.74, 6) is 3.46. The number of piperidine rings is 1. The van der Waals surface area contributed by atoms with Crippen LogP contribution in [-0.4, -0.2) is 18.8 Å². The Bertz CT molecular complexity index is 331. The van der Waals surface area contributed by atoms with Gasteiger partial charge in [0.25, 0.3) is 0 Å². The van der Waals surface area contributed by atoms with Crippen LogP contribution in [0.4, 0.5) is 0 Å². The molecule has 1 saturated heterocycles. The van der Waals surface area contributed by atoms with E-state index >= 15 is 0 Å². The number of nitrogens with one attached hydrogen (secondary N) is 1. The van der Waals surface area contributed by atoms with E-state index in [2.05, 4.69) is 48.3 Å². The van der Waals surface area contributed by atoms with E-state index in [-0.39, 0.29) is 0 Å². The van der Waals surface area contributed by atoms with Crippen LogP contribution in [0.2, 0.25) is 0 Å². The molecule has 0 aliphatic carbocycles. The van der Waals surface area contributed by atoms with Crippen LogP contribution in [-0.2, 0) is 5.75 Å². The lowest BCUT2D eigenvalue weighted by molar-refractivity contribution is 0.367. The molecule has 0 bridgehead atoms. The highest BCUT2D eigenvalue weighted by atomic mass is 32.2. The van der Waals surface area contributed by atoms with Crippen molar-refractivity contribution in [1.82, 2.24) is 5.32 Å². The summed E-state index contributed by atoms with van der Waals surface area (Å²) in [5.41, 5.74) is 2.85. The molecule has 2 rings (SSSR count). The van der Waals surface area contributed by atoms with Gasteiger partial charge >= 0.3 is 0 Å². The third kappa shape index (κ3) is 4.72. The first-order chi connectivity index (χ1) is 8.34. The molecule has 1 aromatic carbocycles. The molecule has 0 saturated carbocycles. The zero-order valence-corrected chi connectivity index (χ0v) is 11.6. The van der Waals surface area contributed by atoms with Crippen molar-refractivity contribution in [1.29, 1.82) is 0 Å². The predicted octanol–water partition coefficient (Wildman–Crippen LogP) is 3.62. The monoisotopic (exact) mass is 249 g/mol. The van der Waals surface area contributed by atoms with E-state index < -0.39 is 0 Å². The predicted molar refractivity (Wildman–Crippen MR) is 77.6 cm³/mol. The molecule has 1 fully saturated rings. The molecule has 1 aliphatic rings. The van der Waals surface area contributed by atoms with E-state index in [1.54, 1.807) is 0 Å². The summed E-state index contributed by atoms with van der Waals surface area (Å²) in [6.45, 7) is 4.63. The van der Waals surface area contributed by atoms with Gasteiger partial charge < -0.3 is 5.32 Å². The Morgan fingerprint density at radius 3 is 2.88 bits per heavy atom. The molecule has 0 aromatic heterocycles. The molecule has 1 aliphatic heterocycles. The standard InChI is InChI=1S/C15H23NS/c1-13-3-2-4-15(11-13)12-17-10-7-14-5-8-16-9-6-14/h2-4,11,14,16H,5-10,12H2,1H3. The Balaban J connectivity index is 1.62. The van der Waals surface area contributed by atoms with Crippen LogP contribution in [0.15, 0.2) is 24.3 Å². The first kappa shape index (κ1) is 13.0. The van der Waals surface area contributed by atoms with Crippen molar-refractivity contribution in [3.05, 3.63) is 35.4 Å². The molecule has 2 heteroatoms. The van der Waals surface area contributed by atoms with Gasteiger partial charge in [-0.25, -0.2) is 0 Å². The topological polar surface area (TPSA) is 12.0 Å². The molecule has 0 spiro atoms. The average Bonchev–Trinajstić information content (AvgIpc) is 2.36. The van der Waals surface area contributed by atoms with Gasteiger partial charge in [0.15, 0.2) is 0 Å². The molecule has 1 aromatic rings. The van der Waals surface area contributed by atoms with Crippen LogP contribution in [0.5, 0.6) is 0 Å². The Hall–Kier alpha value is -0.470. The Morgan fingerprint density at radius 1 is 1.29 bits per heavy atom. The van der Waals surface area contributed by atoms with Crippen molar-refractivity contribution in [3.8, 4) is 0 Å². The molecule has 94 valence electrons. The fraction of sp³-hybridized carbons (Fsp3) is 0.600. The zero-order chi connectivity index (χ0) is 11.9. The molecule has 1 N–H and O–H groups in total. The highest BCUT2D eigenvalue weighted by Crippen LogP contribution is 2.21. The van der Waals surface area contributed by atoms with Gasteiger partial charge in [0.05, 0.1) is 0 Å². The molecule has 17 heavy (non-hydrogen) atoms. The first-order valence-corrected chi connectivity index (χ1v) is 7.84. The number of hydrogen-bond donors (Lipinski definition) is 1. The summed E-state index contributed by atoms with van der Waals surface area (Å²) in [6, 6.07) is 8.88. The van der Waals surface area contributed by atoms with Crippen molar-refractivity contribution in [2.75, 3.05) is 18.8 Å². The van der Waals surface area contributed by atoms with Crippen molar-refractivity contribution < 1.29 is 0 Å². The zero-order valence-electron chi connectivity index (χ0n) is 10.7. The Kier molecular flexibility index (Phi) is 5.40. The summed E-state index contributed by atoms with van der Waals surface area (Å²) in [7, 11) is 0. The van der Waals surface area contributed by atoms with E-state index in [4.69, 9.17) is 0 Å². The number of rotatable bonds is 5. The van der Waals surface area contributed by atoms with E-state index in [1.165, 1.54) is 55.0 Å². The lowest BCUT2D eigenvalue weighted by Gasteiger charge is -2.22. The fourth-order valence-electron chi connectivity index (χ4n) is 2.41. The smallest absolute Gasteiger partial charge is 0.0184 e. The lowest BCUT2D eigenvalue weighted by atomic mass is 9.96. The molecule has 0 amide bonds. The van der Waals surface area contributed by atoms with Crippen molar-refractivity contribution in [2.45, 2.75) is 31.9 Å². The Morgan fingerprint density at radius 2 is 2.12 bits per heavy atom. The van der Waals surface area contributed by atoms with Crippen LogP contribution >= 0.6 is 11.8 Å². The SMILES string of the molecule is Cc1cccc(CSCCC2CCNCC2)c1. The van der Waals surface area contributed by atoms with E-state index in [0.717, 1.165) is 5.92 Å². The highest BCUT2D eigenvalue weighted by Gasteiger charge is 2.11. The minimum Gasteiger partial charge on any atom is -0.317 e. The van der Waals surface area contributed by atoms with Crippen LogP contribution in [0, 0.1) is 12.8 Å². The summed E-state index contributed by atoms with van der Waals surface area (Å²) in [6.07, 6.45) is 4.16. The normalized spacial score (nSPS) is 17.2. The van der Waals surface area contributed by atoms with E-state index in [0.29, 0.717) is 0 Å². The summed E-state index contributed by atoms with van der Waals surface area (Å²) >= 11 is 2.09. The summed E-state index contributed by atoms with van der Waals surface area (Å²) in [4.78, 5) is 0. The molecule has 0 unspecified atom stereocenters. The minimum absolute atomic E-state index is 0.973. The molecular formula is C15H23NS. The average molecular weight is 249 g/mol. The van der Waals surface area contributed by atoms with Crippen LogP contribution in [0.1, 0.15) is 30.4 Å². The minimum atomic E-state index is 0.973. The third-order valence-electron chi connectivity index (χ3n) is 3.48. The van der Waals surface area contributed by atoms with Gasteiger partial charge in [-0.05, 0) is 56.5 Å². The van der Waals surface area contributed by atoms with Gasteiger partial charge in [0, 0.05) is 5.75 Å². The quantitative estimate of drug-likeness (QED) is 0.800. The maximum absolute atomic E-state index is 3.43. The molecule has 1 nitrogen and oxygen atoms in total. The van der Waals surface area contributed by atoms with Gasteiger partial charge in [-0.2, -0.15) is 11.8 Å². The second-order valence-corrected chi connectivity index (χ2v) is 6.13. The largest absolute Gasteiger partial charge is 0.317 e. The molecular weight excluding hydrogens is 226 g/mol. The van der Waals surface area contributed by atoms with Gasteiger partial charge in [-0.3, -0.25) is 0 Å². The number of hydrogen-bond acceptors (Lipinski definition) is 2. The maximum atomic E-state index is 3.43. The number of aryl methyl sites for hydroxylation is 1. The lowest BCUT2D eigenvalue weighted by Crippen LogP contribution is -2.27. The molecule has 0 radical (unpaired) electrons.